The Hall–Kier alpha value is -3.18. The summed E-state index contributed by atoms with van der Waals surface area (Å²) in [5.74, 6) is 9.30. The minimum atomic E-state index is -0.556. The van der Waals surface area contributed by atoms with E-state index in [9.17, 15) is 20.4 Å². The Morgan fingerprint density at radius 2 is 0.449 bits per heavy atom. The summed E-state index contributed by atoms with van der Waals surface area (Å²) in [6.45, 7) is 2.15. The van der Waals surface area contributed by atoms with E-state index < -0.39 is 68.1 Å². The molecule has 746 valence electrons. The first-order valence-electron chi connectivity index (χ1n) is 53.4. The van der Waals surface area contributed by atoms with E-state index in [0.29, 0.717) is 64.4 Å². The molecule has 0 saturated heterocycles. The van der Waals surface area contributed by atoms with Gasteiger partial charge < -0.3 is 20.4 Å². The molecule has 0 heterocycles. The number of aryl methyl sites for hydroxylation is 1. The zero-order valence-electron chi connectivity index (χ0n) is 82.6. The molecule has 20 heteroatoms. The van der Waals surface area contributed by atoms with Gasteiger partial charge in [-0.3, -0.25) is 20.0 Å². The average molecular weight is 2170 g/mol. The zero-order chi connectivity index (χ0) is 97.4. The molecule has 4 N–H and O–H groups in total. The molecule has 0 aromatic heterocycles. The molecule has 138 heavy (non-hydrogen) atoms. The van der Waals surface area contributed by atoms with Gasteiger partial charge in [0.05, 0.1) is 22.7 Å². The number of benzene rings is 8. The molecule has 0 radical (unpaired) electrons. The Morgan fingerprint density at radius 3 is 0.725 bits per heavy atom. The summed E-state index contributed by atoms with van der Waals surface area (Å²) in [6, 6.07) is 58.2. The summed E-state index contributed by atoms with van der Waals surface area (Å²) in [4.78, 5) is 18.6. The third kappa shape index (κ3) is 41.2. The number of rotatable bonds is 15. The maximum absolute atomic E-state index is 11.4. The fourth-order valence-electron chi connectivity index (χ4n) is 24.1. The topological polar surface area (TPSA) is 130 Å². The van der Waals surface area contributed by atoms with Crippen LogP contribution in [-0.2, 0) is 68.1 Å². The molecule has 10 fully saturated rings. The van der Waals surface area contributed by atoms with Crippen molar-refractivity contribution in [2.24, 2.45) is 43.6 Å². The summed E-state index contributed by atoms with van der Waals surface area (Å²) in [5, 5.41) is 45.1. The fourth-order valence-corrected chi connectivity index (χ4v) is 24.1. The number of hydrogen-bond donors (Lipinski definition) is 4. The van der Waals surface area contributed by atoms with Gasteiger partial charge in [0.1, 0.15) is 23.0 Å². The zero-order valence-corrected chi connectivity index (χ0v) is 94.9. The van der Waals surface area contributed by atoms with E-state index >= 15 is 0 Å². The monoisotopic (exact) mass is 2170 g/mol. The first kappa shape index (κ1) is 117. The summed E-state index contributed by atoms with van der Waals surface area (Å²) < 4.78 is 0. The quantitative estimate of drug-likeness (QED) is 0.0463. The number of phenols is 4. The molecule has 5 atom stereocenters. The molecule has 10 aliphatic carbocycles. The predicted molar refractivity (Wildman–Crippen MR) is 581 cm³/mol. The second-order valence-corrected chi connectivity index (χ2v) is 51.0. The number of hydrogen-bond acceptors (Lipinski definition) is 8. The van der Waals surface area contributed by atoms with Gasteiger partial charge in [-0.1, -0.05) is 347 Å². The van der Waals surface area contributed by atoms with Crippen molar-refractivity contribution in [3.63, 3.8) is 0 Å². The van der Waals surface area contributed by atoms with Gasteiger partial charge in [-0.25, -0.2) is 0 Å². The molecule has 0 spiro atoms. The van der Waals surface area contributed by atoms with Crippen molar-refractivity contribution in [2.45, 2.75) is 395 Å². The number of halogens is 8. The third-order valence-electron chi connectivity index (χ3n) is 31.3. The van der Waals surface area contributed by atoms with E-state index in [0.717, 1.165) is 68.7 Å². The molecule has 10 aliphatic rings. The summed E-state index contributed by atoms with van der Waals surface area (Å²) in [6.07, 6.45) is 80.1. The van der Waals surface area contributed by atoms with E-state index in [-0.39, 0.29) is 0 Å². The van der Waals surface area contributed by atoms with E-state index in [2.05, 4.69) is 70.4 Å². The van der Waals surface area contributed by atoms with Gasteiger partial charge in [-0.15, -0.1) is 0 Å². The molecule has 0 aliphatic heterocycles. The number of aromatic hydroxyl groups is 4. The minimum absolute atomic E-state index is 0.464. The molecular formula is C118H158Cl8N4O4Ti4. The Morgan fingerprint density at radius 1 is 0.232 bits per heavy atom. The van der Waals surface area contributed by atoms with Crippen molar-refractivity contribution >= 4 is 122 Å². The van der Waals surface area contributed by atoms with Crippen molar-refractivity contribution in [2.75, 3.05) is 0 Å². The molecule has 8 aromatic rings. The van der Waals surface area contributed by atoms with Crippen LogP contribution in [0.15, 0.2) is 190 Å². The number of nitrogens with zero attached hydrogens (tertiary/aromatic N) is 4. The van der Waals surface area contributed by atoms with Crippen molar-refractivity contribution in [3.8, 4) is 23.0 Å². The third-order valence-corrected chi connectivity index (χ3v) is 31.3. The normalized spacial score (nSPS) is 21.3. The van der Waals surface area contributed by atoms with E-state index in [4.69, 9.17) is 79.4 Å². The van der Waals surface area contributed by atoms with Gasteiger partial charge in [0.2, 0.25) is 0 Å². The first-order chi connectivity index (χ1) is 67.8. The molecule has 8 nitrogen and oxygen atoms in total. The maximum atomic E-state index is 11.4. The molecule has 8 aromatic carbocycles. The molecule has 0 amide bonds. The SMILES string of the molecule is C1CCCCC1.Cc1cc(C=Nc2ccccc2)c(O)c(C2CCCC3CC4CCCCC4CC32)c1.Oc1c(C=Nc2ccccc2)cc(C2CCCCC2)cc1C1CCCCCC1.Oc1c(C=Nc2ccccc2)cc(C2CCCCC2)cc1C1CCCCCCC1.Oc1c(C=Nc2ccccc2)cc(C2CCCCC2)cc1C1CCCCCCCCCCC1.[Cl][Ti][Cl].[Cl][Ti][Cl].[Cl][Ti][Cl].[Cl][Ti][Cl]. The summed E-state index contributed by atoms with van der Waals surface area (Å²) >= 11 is -2.22. The van der Waals surface area contributed by atoms with Crippen LogP contribution in [0.2, 0.25) is 0 Å². The number of aliphatic imine (C=N–C) groups is 4. The first-order valence-corrected chi connectivity index (χ1v) is 70.6. The second kappa shape index (κ2) is 69.9. The van der Waals surface area contributed by atoms with Crippen LogP contribution < -0.4 is 0 Å². The van der Waals surface area contributed by atoms with Crippen LogP contribution in [0.1, 0.15) is 455 Å². The van der Waals surface area contributed by atoms with E-state index in [1.165, 1.54) is 391 Å². The van der Waals surface area contributed by atoms with Gasteiger partial charge in [-0.05, 0) is 286 Å². The Balaban J connectivity index is 0.000000179. The Bertz CT molecular complexity index is 4720. The molecule has 10 saturated carbocycles. The predicted octanol–water partition coefficient (Wildman–Crippen LogP) is 40.6. The standard InChI is InChI=1S/C31H43NO.C28H35NO.C27H35NO.C26H33NO.C6H12.8ClH.4Ti/c33-31-28(24-32-29-20-14-9-15-21-29)22-27(25-16-12-8-13-17-25)23-30(31)26-18-10-6-4-2-1-3-5-7-11-19-26;1-19-14-23(18-29-24-11-3-2-4-12-24)28(30)27(15-19)25-13-7-10-22-16-20-8-5-6-9-21(20)17-26(22)25;29-27-24(20-28-25-16-10-5-11-17-25)18-23(21-12-8-4-9-13-21)19-26(27)22-14-6-2-1-3-7-15-22;28-26-23(19-27-24-15-9-4-10-16-24)17-22(20-11-7-3-8-12-20)18-25(26)21-13-5-1-2-6-14-21;1-2-4-6-5-3-1;;;;;;;;;;;;/h9,14-15,20-26,33H,1-8,10-13,16-19H2;2-4,11-12,14-15,18,20-22,25-26,30H,5-10,13,16-17H2,1H3;5,10-11,16-22,29H,1-4,6-9,12-15H2;4,9-10,15-21,28H,1-3,5-8,11-14H2;1-6H2;8*1H;;;;/q;;;;;;;;;;;;;4*+2/p-8. The Labute approximate surface area is 899 Å². The summed E-state index contributed by atoms with van der Waals surface area (Å²) in [7, 11) is 39.1. The number of para-hydroxylation sites is 4. The van der Waals surface area contributed by atoms with Crippen LogP contribution in [0.5, 0.6) is 23.0 Å². The van der Waals surface area contributed by atoms with Crippen LogP contribution in [0.3, 0.4) is 0 Å². The van der Waals surface area contributed by atoms with Gasteiger partial charge in [0, 0.05) is 47.1 Å². The van der Waals surface area contributed by atoms with Gasteiger partial charge in [0.25, 0.3) is 0 Å². The van der Waals surface area contributed by atoms with Gasteiger partial charge in [-0.2, -0.15) is 0 Å². The van der Waals surface area contributed by atoms with Crippen LogP contribution >= 0.6 is 74.4 Å². The molecular weight excluding hydrogens is 2010 g/mol. The van der Waals surface area contributed by atoms with Crippen molar-refractivity contribution in [1.29, 1.82) is 0 Å². The van der Waals surface area contributed by atoms with Crippen LogP contribution in [0.25, 0.3) is 0 Å². The fraction of sp³-hybridized carbons (Fsp3) is 0.559. The van der Waals surface area contributed by atoms with Crippen molar-refractivity contribution in [3.05, 3.63) is 237 Å². The molecule has 5 unspecified atom stereocenters. The second-order valence-electron chi connectivity index (χ2n) is 40.6. The number of phenolic OH excluding ortho intramolecular Hbond substituents is 4. The van der Waals surface area contributed by atoms with Gasteiger partial charge >= 0.3 is 143 Å². The van der Waals surface area contributed by atoms with E-state index in [1.54, 1.807) is 0 Å². The Kier molecular flexibility index (Phi) is 59.1. The summed E-state index contributed by atoms with van der Waals surface area (Å²) in [5.41, 5.74) is 17.5. The van der Waals surface area contributed by atoms with E-state index in [1.807, 2.05) is 146 Å². The van der Waals surface area contributed by atoms with Crippen LogP contribution in [-0.4, -0.2) is 45.3 Å². The van der Waals surface area contributed by atoms with Gasteiger partial charge in [0.15, 0.2) is 0 Å². The average Bonchev–Trinajstić information content (AvgIpc) is 0.811. The van der Waals surface area contributed by atoms with Crippen LogP contribution in [0.4, 0.5) is 22.7 Å². The number of fused-ring (bicyclic) bond motifs is 2. The van der Waals surface area contributed by atoms with Crippen LogP contribution in [0, 0.1) is 30.6 Å². The molecule has 18 rings (SSSR count). The van der Waals surface area contributed by atoms with Crippen molar-refractivity contribution < 1.29 is 88.6 Å². The molecule has 0 bridgehead atoms. The van der Waals surface area contributed by atoms with Crippen molar-refractivity contribution in [1.82, 2.24) is 0 Å².